The highest BCUT2D eigenvalue weighted by atomic mass is 32.3. The van der Waals surface area contributed by atoms with E-state index in [0.717, 1.165) is 16.5 Å². The zero-order chi connectivity index (χ0) is 24.6. The van der Waals surface area contributed by atoms with Crippen LogP contribution in [0.5, 0.6) is 0 Å². The normalized spacial score (nSPS) is 11.9. The van der Waals surface area contributed by atoms with E-state index >= 15 is 0 Å². The number of carbonyl (C=O) groups excluding carboxylic acids is 1. The van der Waals surface area contributed by atoms with Crippen LogP contribution in [0.15, 0.2) is 71.6 Å². The van der Waals surface area contributed by atoms with Gasteiger partial charge in [-0.15, -0.1) is 0 Å². The Labute approximate surface area is 199 Å². The number of aromatic nitrogens is 1. The molecule has 0 saturated carbocycles. The summed E-state index contributed by atoms with van der Waals surface area (Å²) in [6, 6.07) is 19.0. The molecule has 0 aliphatic carbocycles. The lowest BCUT2D eigenvalue weighted by Gasteiger charge is -2.26. The van der Waals surface area contributed by atoms with Crippen LogP contribution in [-0.4, -0.2) is 40.7 Å². The van der Waals surface area contributed by atoms with E-state index in [1.807, 2.05) is 55.5 Å². The third-order valence-electron chi connectivity index (χ3n) is 5.65. The van der Waals surface area contributed by atoms with Gasteiger partial charge in [0, 0.05) is 10.9 Å². The Morgan fingerprint density at radius 1 is 0.971 bits per heavy atom. The predicted octanol–water partition coefficient (Wildman–Crippen LogP) is 6.35. The number of aromatic carboxylic acids is 1. The van der Waals surface area contributed by atoms with Crippen LogP contribution in [0.25, 0.3) is 22.2 Å². The number of carboxylic acid groups (broad SMARTS) is 1. The topological polar surface area (TPSA) is 79.3 Å². The van der Waals surface area contributed by atoms with Crippen LogP contribution >= 0.6 is 10.0 Å². The quantitative estimate of drug-likeness (QED) is 0.352. The molecule has 2 N–H and O–H groups in total. The molecule has 0 unspecified atom stereocenters. The van der Waals surface area contributed by atoms with Crippen molar-refractivity contribution >= 4 is 38.5 Å². The molecule has 7 heteroatoms. The van der Waals surface area contributed by atoms with E-state index in [-0.39, 0.29) is 11.3 Å². The number of nitrogens with zero attached hydrogens (tertiary/aromatic N) is 1. The Balaban J connectivity index is 1.90. The summed E-state index contributed by atoms with van der Waals surface area (Å²) in [5.74, 6) is -2.53. The smallest absolute Gasteiger partial charge is 0.335 e. The third-order valence-corrected chi connectivity index (χ3v) is 7.31. The van der Waals surface area contributed by atoms with Crippen LogP contribution in [0.4, 0.5) is 10.1 Å². The summed E-state index contributed by atoms with van der Waals surface area (Å²) in [5.41, 5.74) is 3.04. The first-order valence-corrected chi connectivity index (χ1v) is 13.4. The molecular formula is C27H25FN2O3S. The molecule has 4 aromatic rings. The van der Waals surface area contributed by atoms with Crippen LogP contribution in [0.1, 0.15) is 26.3 Å². The number of halogens is 1. The van der Waals surface area contributed by atoms with Gasteiger partial charge in [0.2, 0.25) is 0 Å². The molecule has 4 rings (SSSR count). The minimum atomic E-state index is -1.24. The zero-order valence-electron chi connectivity index (χ0n) is 19.3. The van der Waals surface area contributed by atoms with Gasteiger partial charge in [-0.05, 0) is 72.5 Å². The Bertz CT molecular complexity index is 1430. The van der Waals surface area contributed by atoms with E-state index in [1.54, 1.807) is 0 Å². The molecule has 0 aliphatic rings. The average molecular weight is 477 g/mol. The summed E-state index contributed by atoms with van der Waals surface area (Å²) in [4.78, 5) is 30.7. The highest BCUT2D eigenvalue weighted by molar-refractivity contribution is 8.32. The van der Waals surface area contributed by atoms with E-state index in [9.17, 15) is 14.0 Å². The summed E-state index contributed by atoms with van der Waals surface area (Å²) in [5, 5.41) is 12.4. The Kier molecular flexibility index (Phi) is 6.15. The molecule has 174 valence electrons. The van der Waals surface area contributed by atoms with E-state index in [1.165, 1.54) is 12.1 Å². The fourth-order valence-electron chi connectivity index (χ4n) is 3.82. The van der Waals surface area contributed by atoms with Crippen molar-refractivity contribution in [3.63, 3.8) is 0 Å². The number of pyridine rings is 1. The second-order valence-electron chi connectivity index (χ2n) is 8.80. The van der Waals surface area contributed by atoms with Crippen molar-refractivity contribution in [2.75, 3.05) is 24.1 Å². The van der Waals surface area contributed by atoms with Gasteiger partial charge in [0.05, 0.1) is 28.0 Å². The van der Waals surface area contributed by atoms with Gasteiger partial charge in [-0.2, -0.15) is 0 Å². The van der Waals surface area contributed by atoms with Crippen molar-refractivity contribution in [2.45, 2.75) is 11.8 Å². The molecule has 0 atom stereocenters. The molecule has 34 heavy (non-hydrogen) atoms. The SMILES string of the molecule is Cc1c(-c2ccccc2)nc2ccc(S(C)(C)C)cc2c1C(=O)Nc1ccc(C(=O)O)cc1F. The lowest BCUT2D eigenvalue weighted by atomic mass is 9.97. The fraction of sp³-hybridized carbons (Fsp3) is 0.148. The number of anilines is 1. The highest BCUT2D eigenvalue weighted by Gasteiger charge is 2.22. The second-order valence-corrected chi connectivity index (χ2v) is 12.9. The second kappa shape index (κ2) is 8.91. The maximum absolute atomic E-state index is 14.6. The first-order valence-electron chi connectivity index (χ1n) is 10.6. The van der Waals surface area contributed by atoms with Crippen LogP contribution in [0, 0.1) is 12.7 Å². The largest absolute Gasteiger partial charge is 0.478 e. The molecule has 1 aromatic heterocycles. The summed E-state index contributed by atoms with van der Waals surface area (Å²) < 4.78 is 14.6. The number of benzene rings is 3. The molecule has 0 bridgehead atoms. The number of carboxylic acids is 1. The standard InChI is InChI=1S/C27H25FN2O3S/c1-16-24(26(31)30-23-12-10-18(27(32)33)14-21(23)28)20-15-19(34(2,3)4)11-13-22(20)29-25(16)17-8-6-5-7-9-17/h5-15H,1-4H3,(H,30,31)(H,32,33). The molecule has 0 spiro atoms. The van der Waals surface area contributed by atoms with Gasteiger partial charge < -0.3 is 10.4 Å². The van der Waals surface area contributed by atoms with Gasteiger partial charge in [0.15, 0.2) is 0 Å². The number of hydrogen-bond acceptors (Lipinski definition) is 3. The molecule has 0 radical (unpaired) electrons. The zero-order valence-corrected chi connectivity index (χ0v) is 20.2. The summed E-state index contributed by atoms with van der Waals surface area (Å²) in [6.45, 7) is 1.84. The fourth-order valence-corrected chi connectivity index (χ4v) is 4.77. The van der Waals surface area contributed by atoms with Crippen LogP contribution < -0.4 is 5.32 Å². The lowest BCUT2D eigenvalue weighted by molar-refractivity contribution is 0.0696. The third kappa shape index (κ3) is 4.52. The van der Waals surface area contributed by atoms with Crippen molar-refractivity contribution in [1.29, 1.82) is 0 Å². The van der Waals surface area contributed by atoms with Gasteiger partial charge in [0.25, 0.3) is 5.91 Å². The number of carbonyl (C=O) groups is 2. The Morgan fingerprint density at radius 2 is 1.68 bits per heavy atom. The van der Waals surface area contributed by atoms with Crippen molar-refractivity contribution in [3.05, 3.63) is 89.2 Å². The Hall–Kier alpha value is -3.71. The van der Waals surface area contributed by atoms with Crippen LogP contribution in [0.3, 0.4) is 0 Å². The van der Waals surface area contributed by atoms with Gasteiger partial charge >= 0.3 is 5.97 Å². The monoisotopic (exact) mass is 476 g/mol. The minimum Gasteiger partial charge on any atom is -0.478 e. The first kappa shape index (κ1) is 23.4. The van der Waals surface area contributed by atoms with Gasteiger partial charge in [-0.1, -0.05) is 30.3 Å². The number of nitrogens with one attached hydrogen (secondary N) is 1. The number of fused-ring (bicyclic) bond motifs is 1. The van der Waals surface area contributed by atoms with Gasteiger partial charge in [-0.3, -0.25) is 4.79 Å². The molecule has 0 saturated heterocycles. The van der Waals surface area contributed by atoms with E-state index in [2.05, 4.69) is 24.1 Å². The van der Waals surface area contributed by atoms with E-state index in [0.29, 0.717) is 27.7 Å². The molecule has 3 aromatic carbocycles. The highest BCUT2D eigenvalue weighted by Crippen LogP contribution is 2.46. The van der Waals surface area contributed by atoms with Crippen molar-refractivity contribution in [2.24, 2.45) is 0 Å². The van der Waals surface area contributed by atoms with Crippen LogP contribution in [0.2, 0.25) is 0 Å². The number of amides is 1. The summed E-state index contributed by atoms with van der Waals surface area (Å²) in [6.07, 6.45) is 6.52. The molecule has 0 fully saturated rings. The first-order chi connectivity index (χ1) is 16.1. The molecule has 5 nitrogen and oxygen atoms in total. The summed E-state index contributed by atoms with van der Waals surface area (Å²) in [7, 11) is -1.07. The lowest BCUT2D eigenvalue weighted by Crippen LogP contribution is -2.16. The predicted molar refractivity (Wildman–Crippen MR) is 137 cm³/mol. The molecule has 1 heterocycles. The number of hydrogen-bond donors (Lipinski definition) is 2. The molecule has 0 aliphatic heterocycles. The van der Waals surface area contributed by atoms with Crippen molar-refractivity contribution in [1.82, 2.24) is 4.98 Å². The maximum Gasteiger partial charge on any atom is 0.335 e. The number of rotatable bonds is 5. The van der Waals surface area contributed by atoms with Crippen LogP contribution in [-0.2, 0) is 0 Å². The maximum atomic E-state index is 14.6. The van der Waals surface area contributed by atoms with E-state index < -0.39 is 27.7 Å². The van der Waals surface area contributed by atoms with Gasteiger partial charge in [-0.25, -0.2) is 24.2 Å². The minimum absolute atomic E-state index is 0.0850. The molecule has 1 amide bonds. The van der Waals surface area contributed by atoms with Crippen molar-refractivity contribution in [3.8, 4) is 11.3 Å². The van der Waals surface area contributed by atoms with E-state index in [4.69, 9.17) is 10.1 Å². The molecular weight excluding hydrogens is 451 g/mol. The Morgan fingerprint density at radius 3 is 2.29 bits per heavy atom. The van der Waals surface area contributed by atoms with Gasteiger partial charge in [0.1, 0.15) is 5.82 Å². The van der Waals surface area contributed by atoms with Crippen molar-refractivity contribution < 1.29 is 19.1 Å². The average Bonchev–Trinajstić information content (AvgIpc) is 2.79. The summed E-state index contributed by atoms with van der Waals surface area (Å²) >= 11 is 0.